The lowest BCUT2D eigenvalue weighted by molar-refractivity contribution is -0.161. The summed E-state index contributed by atoms with van der Waals surface area (Å²) in [7, 11) is -4.40. The maximum absolute atomic E-state index is 12.5. The van der Waals surface area contributed by atoms with E-state index < -0.39 is 32.5 Å². The normalized spacial score (nSPS) is 14.2. The molecule has 0 amide bonds. The number of phosphoric ester groups is 1. The van der Waals surface area contributed by atoms with Gasteiger partial charge in [0.1, 0.15) is 6.61 Å². The number of hydrogen-bond acceptors (Lipinski definition) is 8. The third kappa shape index (κ3) is 40.7. The zero-order valence-corrected chi connectivity index (χ0v) is 35.3. The van der Waals surface area contributed by atoms with Gasteiger partial charge in [0.25, 0.3) is 0 Å². The molecule has 0 fully saturated rings. The summed E-state index contributed by atoms with van der Waals surface area (Å²) < 4.78 is 32.6. The fourth-order valence-electron chi connectivity index (χ4n) is 5.18. The van der Waals surface area contributed by atoms with Crippen molar-refractivity contribution < 1.29 is 37.6 Å². The van der Waals surface area contributed by atoms with Crippen LogP contribution in [0.4, 0.5) is 0 Å². The van der Waals surface area contributed by atoms with Crippen LogP contribution >= 0.6 is 7.82 Å². The van der Waals surface area contributed by atoms with Crippen LogP contribution < -0.4 is 5.73 Å². The van der Waals surface area contributed by atoms with Crippen LogP contribution in [0.1, 0.15) is 155 Å². The number of ether oxygens (including phenoxy) is 2. The molecule has 0 aromatic heterocycles. The zero-order chi connectivity index (χ0) is 40.3. The first kappa shape index (κ1) is 52.2. The highest BCUT2D eigenvalue weighted by Crippen LogP contribution is 2.43. The fourth-order valence-corrected chi connectivity index (χ4v) is 5.95. The molecule has 0 bridgehead atoms. The smallest absolute Gasteiger partial charge is 0.462 e. The van der Waals surface area contributed by atoms with Crippen molar-refractivity contribution in [2.45, 2.75) is 161 Å². The molecule has 0 saturated heterocycles. The van der Waals surface area contributed by atoms with Crippen LogP contribution in [0.15, 0.2) is 85.1 Å². The summed E-state index contributed by atoms with van der Waals surface area (Å²) in [5.74, 6) is -0.944. The van der Waals surface area contributed by atoms with Crippen LogP contribution in [0.5, 0.6) is 0 Å². The van der Waals surface area contributed by atoms with E-state index in [4.69, 9.17) is 24.3 Å². The number of nitrogens with two attached hydrogens (primary N) is 1. The van der Waals surface area contributed by atoms with Crippen molar-refractivity contribution in [3.63, 3.8) is 0 Å². The Morgan fingerprint density at radius 1 is 0.564 bits per heavy atom. The summed E-state index contributed by atoms with van der Waals surface area (Å²) in [6, 6.07) is 0. The molecule has 0 aliphatic carbocycles. The molecule has 0 aromatic rings. The highest BCUT2D eigenvalue weighted by Gasteiger charge is 2.25. The average molecular weight is 790 g/mol. The van der Waals surface area contributed by atoms with Gasteiger partial charge in [0.05, 0.1) is 13.2 Å². The molecule has 9 nitrogen and oxygen atoms in total. The van der Waals surface area contributed by atoms with Gasteiger partial charge in [-0.3, -0.25) is 18.6 Å². The Hall–Kier alpha value is -2.81. The highest BCUT2D eigenvalue weighted by atomic mass is 31.2. The van der Waals surface area contributed by atoms with E-state index >= 15 is 0 Å². The quantitative estimate of drug-likeness (QED) is 0.0271. The third-order valence-corrected chi connectivity index (χ3v) is 9.26. The molecular formula is C45H76NO8P. The highest BCUT2D eigenvalue weighted by molar-refractivity contribution is 7.47. The van der Waals surface area contributed by atoms with Gasteiger partial charge in [-0.15, -0.1) is 0 Å². The number of carbonyl (C=O) groups excluding carboxylic acids is 2. The van der Waals surface area contributed by atoms with Gasteiger partial charge in [0.15, 0.2) is 6.10 Å². The summed E-state index contributed by atoms with van der Waals surface area (Å²) in [6.45, 7) is 3.49. The lowest BCUT2D eigenvalue weighted by atomic mass is 10.1. The van der Waals surface area contributed by atoms with Crippen molar-refractivity contribution >= 4 is 19.8 Å². The summed E-state index contributed by atoms with van der Waals surface area (Å²) >= 11 is 0. The molecule has 0 aliphatic rings. The van der Waals surface area contributed by atoms with E-state index in [0.29, 0.717) is 12.8 Å². The first-order valence-electron chi connectivity index (χ1n) is 21.1. The topological polar surface area (TPSA) is 134 Å². The van der Waals surface area contributed by atoms with Crippen LogP contribution in [0.2, 0.25) is 0 Å². The van der Waals surface area contributed by atoms with Gasteiger partial charge >= 0.3 is 19.8 Å². The predicted molar refractivity (Wildman–Crippen MR) is 229 cm³/mol. The van der Waals surface area contributed by atoms with Crippen LogP contribution in [-0.2, 0) is 32.7 Å². The molecule has 0 rings (SSSR count). The van der Waals surface area contributed by atoms with Crippen LogP contribution in [0.3, 0.4) is 0 Å². The summed E-state index contributed by atoms with van der Waals surface area (Å²) in [5, 5.41) is 0. The Morgan fingerprint density at radius 3 is 1.56 bits per heavy atom. The van der Waals surface area contributed by atoms with Gasteiger partial charge in [-0.1, -0.05) is 150 Å². The standard InChI is InChI=1S/C45H76NO8P/c1-3-5-7-9-11-13-15-17-19-20-21-22-24-26-28-30-32-34-36-38-45(48)54-43(42-53-55(49,50)52-40-39-46)41-51-44(47)37-35-33-31-29-27-25-23-18-16-14-12-10-8-6-4-2/h5,7,11,13,17-19,21-23,26,28,32,34,43H,3-4,6,8-10,12,14-16,20,24-25,27,29-31,33,35-42,46H2,1-2H3,(H,49,50)/b7-5-,13-11-,19-17-,22-21-,23-18-,28-26-,34-32-. The van der Waals surface area contributed by atoms with E-state index in [0.717, 1.165) is 70.6 Å². The molecule has 10 heteroatoms. The van der Waals surface area contributed by atoms with Gasteiger partial charge in [0, 0.05) is 19.4 Å². The molecule has 55 heavy (non-hydrogen) atoms. The Labute approximate surface area is 334 Å². The average Bonchev–Trinajstić information content (AvgIpc) is 3.17. The Kier molecular flexibility index (Phi) is 38.8. The molecular weight excluding hydrogens is 713 g/mol. The third-order valence-electron chi connectivity index (χ3n) is 8.28. The molecule has 314 valence electrons. The van der Waals surface area contributed by atoms with Crippen LogP contribution in [0, 0.1) is 0 Å². The van der Waals surface area contributed by atoms with Crippen molar-refractivity contribution in [3.8, 4) is 0 Å². The second-order valence-electron chi connectivity index (χ2n) is 13.5. The fraction of sp³-hybridized carbons (Fsp3) is 0.644. The lowest BCUT2D eigenvalue weighted by Crippen LogP contribution is -2.29. The number of phosphoric acid groups is 1. The predicted octanol–water partition coefficient (Wildman–Crippen LogP) is 12.0. The molecule has 3 N–H and O–H groups in total. The Bertz CT molecular complexity index is 1170. The molecule has 0 saturated carbocycles. The minimum absolute atomic E-state index is 0.0366. The van der Waals surface area contributed by atoms with E-state index in [2.05, 4.69) is 86.8 Å². The largest absolute Gasteiger partial charge is 0.472 e. The van der Waals surface area contributed by atoms with Gasteiger partial charge in [-0.25, -0.2) is 4.57 Å². The van der Waals surface area contributed by atoms with Gasteiger partial charge in [-0.2, -0.15) is 0 Å². The number of allylic oxidation sites excluding steroid dienone is 14. The Morgan fingerprint density at radius 2 is 1.04 bits per heavy atom. The zero-order valence-electron chi connectivity index (χ0n) is 34.4. The van der Waals surface area contributed by atoms with Crippen LogP contribution in [0.25, 0.3) is 0 Å². The maximum atomic E-state index is 12.5. The first-order chi connectivity index (χ1) is 26.8. The molecule has 0 spiro atoms. The van der Waals surface area contributed by atoms with E-state index in [1.807, 2.05) is 12.2 Å². The van der Waals surface area contributed by atoms with Gasteiger partial charge < -0.3 is 20.1 Å². The van der Waals surface area contributed by atoms with E-state index in [9.17, 15) is 19.0 Å². The van der Waals surface area contributed by atoms with Crippen molar-refractivity contribution in [3.05, 3.63) is 85.1 Å². The molecule has 2 atom stereocenters. The molecule has 0 radical (unpaired) electrons. The van der Waals surface area contributed by atoms with Crippen molar-refractivity contribution in [2.75, 3.05) is 26.4 Å². The number of rotatable bonds is 38. The summed E-state index contributed by atoms with van der Waals surface area (Å²) in [6.07, 6.45) is 50.6. The van der Waals surface area contributed by atoms with E-state index in [1.54, 1.807) is 0 Å². The second-order valence-corrected chi connectivity index (χ2v) is 14.9. The van der Waals surface area contributed by atoms with E-state index in [-0.39, 0.29) is 32.6 Å². The number of esters is 2. The number of carbonyl (C=O) groups is 2. The summed E-state index contributed by atoms with van der Waals surface area (Å²) in [4.78, 5) is 34.8. The van der Waals surface area contributed by atoms with E-state index in [1.165, 1.54) is 44.9 Å². The lowest BCUT2D eigenvalue weighted by Gasteiger charge is -2.19. The van der Waals surface area contributed by atoms with Crippen LogP contribution in [-0.4, -0.2) is 49.3 Å². The Balaban J connectivity index is 4.34. The maximum Gasteiger partial charge on any atom is 0.472 e. The first-order valence-corrected chi connectivity index (χ1v) is 22.6. The summed E-state index contributed by atoms with van der Waals surface area (Å²) in [5.41, 5.74) is 5.34. The van der Waals surface area contributed by atoms with Crippen molar-refractivity contribution in [2.24, 2.45) is 5.73 Å². The van der Waals surface area contributed by atoms with Crippen molar-refractivity contribution in [1.29, 1.82) is 0 Å². The molecule has 0 aromatic carbocycles. The number of hydrogen-bond donors (Lipinski definition) is 2. The van der Waals surface area contributed by atoms with Gasteiger partial charge in [-0.05, 0) is 77.0 Å². The molecule has 2 unspecified atom stereocenters. The minimum Gasteiger partial charge on any atom is -0.462 e. The SMILES string of the molecule is CC/C=C\C/C=C\C/C=C\C/C=C\C/C=C\C/C=C\CCC(=O)OC(COC(=O)CCCCCCC/C=C\CCCCCCCC)COP(=O)(O)OCCN. The minimum atomic E-state index is -4.40. The van der Waals surface area contributed by atoms with Crippen molar-refractivity contribution in [1.82, 2.24) is 0 Å². The van der Waals surface area contributed by atoms with Gasteiger partial charge in [0.2, 0.25) is 0 Å². The number of unbranched alkanes of at least 4 members (excludes halogenated alkanes) is 11. The monoisotopic (exact) mass is 790 g/mol. The molecule has 0 heterocycles. The second kappa shape index (κ2) is 40.8. The molecule has 0 aliphatic heterocycles.